The molecule has 31 heavy (non-hydrogen) atoms. The second kappa shape index (κ2) is 9.61. The highest BCUT2D eigenvalue weighted by atomic mass is 32.2. The van der Waals surface area contributed by atoms with Gasteiger partial charge < -0.3 is 9.84 Å². The van der Waals surface area contributed by atoms with Crippen LogP contribution in [0.3, 0.4) is 0 Å². The van der Waals surface area contributed by atoms with Crippen LogP contribution in [0, 0.1) is 5.82 Å². The molecule has 0 saturated carbocycles. The molecule has 6 nitrogen and oxygen atoms in total. The summed E-state index contributed by atoms with van der Waals surface area (Å²) in [6.45, 7) is 0.0136. The SMILES string of the molecule is CN(c1ccccc1-c1ccccc1)S(=O)(=O)c1ccc(OCCCC(=O)O)c(F)c1. The molecule has 0 aromatic heterocycles. The van der Waals surface area contributed by atoms with E-state index in [0.29, 0.717) is 5.69 Å². The van der Waals surface area contributed by atoms with Gasteiger partial charge in [-0.25, -0.2) is 12.8 Å². The van der Waals surface area contributed by atoms with Gasteiger partial charge in [0.15, 0.2) is 11.6 Å². The van der Waals surface area contributed by atoms with E-state index in [0.717, 1.165) is 21.5 Å². The van der Waals surface area contributed by atoms with Gasteiger partial charge in [-0.1, -0.05) is 48.5 Å². The number of anilines is 1. The third-order valence-electron chi connectivity index (χ3n) is 4.68. The molecule has 0 aliphatic heterocycles. The number of carbonyl (C=O) groups is 1. The number of nitrogens with zero attached hydrogens (tertiary/aromatic N) is 1. The maximum Gasteiger partial charge on any atom is 0.303 e. The predicted molar refractivity (Wildman–Crippen MR) is 116 cm³/mol. The van der Waals surface area contributed by atoms with E-state index in [1.807, 2.05) is 42.5 Å². The molecule has 0 radical (unpaired) electrons. The molecule has 0 fully saturated rings. The summed E-state index contributed by atoms with van der Waals surface area (Å²) < 4.78 is 47.1. The highest BCUT2D eigenvalue weighted by Gasteiger charge is 2.25. The molecule has 0 spiro atoms. The number of para-hydroxylation sites is 1. The van der Waals surface area contributed by atoms with E-state index in [9.17, 15) is 17.6 Å². The van der Waals surface area contributed by atoms with Gasteiger partial charge >= 0.3 is 5.97 Å². The first kappa shape index (κ1) is 22.3. The van der Waals surface area contributed by atoms with Crippen molar-refractivity contribution in [3.05, 3.63) is 78.6 Å². The highest BCUT2D eigenvalue weighted by molar-refractivity contribution is 7.92. The lowest BCUT2D eigenvalue weighted by Crippen LogP contribution is -2.27. The van der Waals surface area contributed by atoms with E-state index in [1.165, 1.54) is 19.2 Å². The third-order valence-corrected chi connectivity index (χ3v) is 6.45. The monoisotopic (exact) mass is 443 g/mol. The number of halogens is 1. The molecule has 0 aliphatic rings. The maximum atomic E-state index is 14.5. The molecule has 162 valence electrons. The summed E-state index contributed by atoms with van der Waals surface area (Å²) in [5, 5.41) is 8.63. The molecule has 0 aliphatic carbocycles. The third kappa shape index (κ3) is 5.21. The predicted octanol–water partition coefficient (Wildman–Crippen LogP) is 4.56. The van der Waals surface area contributed by atoms with Crippen LogP contribution in [0.15, 0.2) is 77.7 Å². The zero-order valence-corrected chi connectivity index (χ0v) is 17.7. The van der Waals surface area contributed by atoms with Crippen molar-refractivity contribution in [1.29, 1.82) is 0 Å². The number of aliphatic carboxylic acids is 1. The molecule has 0 bridgehead atoms. The standard InChI is InChI=1S/C23H22FNO5S/c1-25(21-11-6-5-10-19(21)17-8-3-2-4-9-17)31(28,29)18-13-14-22(20(24)16-18)30-15-7-12-23(26)27/h2-6,8-11,13-14,16H,7,12,15H2,1H3,(H,26,27). The molecular formula is C23H22FNO5S. The smallest absolute Gasteiger partial charge is 0.303 e. The fourth-order valence-electron chi connectivity index (χ4n) is 3.06. The Kier molecular flexibility index (Phi) is 6.91. The first-order valence-electron chi connectivity index (χ1n) is 9.58. The first-order valence-corrected chi connectivity index (χ1v) is 11.0. The topological polar surface area (TPSA) is 83.9 Å². The number of sulfonamides is 1. The number of hydrogen-bond donors (Lipinski definition) is 1. The summed E-state index contributed by atoms with van der Waals surface area (Å²) >= 11 is 0. The number of carboxylic acid groups (broad SMARTS) is 1. The van der Waals surface area contributed by atoms with Crippen molar-refractivity contribution in [2.75, 3.05) is 18.0 Å². The molecular weight excluding hydrogens is 421 g/mol. The van der Waals surface area contributed by atoms with Gasteiger partial charge in [0.1, 0.15) is 0 Å². The zero-order valence-electron chi connectivity index (χ0n) is 16.9. The Hall–Kier alpha value is -3.39. The number of carboxylic acids is 1. The van der Waals surface area contributed by atoms with Gasteiger partial charge in [-0.15, -0.1) is 0 Å². The summed E-state index contributed by atoms with van der Waals surface area (Å²) in [5.41, 5.74) is 2.05. The van der Waals surface area contributed by atoms with Gasteiger partial charge in [-0.05, 0) is 36.2 Å². The van der Waals surface area contributed by atoms with Gasteiger partial charge in [-0.2, -0.15) is 0 Å². The summed E-state index contributed by atoms with van der Waals surface area (Å²) in [7, 11) is -2.62. The second-order valence-electron chi connectivity index (χ2n) is 6.79. The molecule has 0 atom stereocenters. The van der Waals surface area contributed by atoms with Crippen molar-refractivity contribution in [1.82, 2.24) is 0 Å². The van der Waals surface area contributed by atoms with E-state index in [4.69, 9.17) is 9.84 Å². The van der Waals surface area contributed by atoms with E-state index in [2.05, 4.69) is 0 Å². The largest absolute Gasteiger partial charge is 0.491 e. The zero-order chi connectivity index (χ0) is 22.4. The summed E-state index contributed by atoms with van der Waals surface area (Å²) in [5.74, 6) is -1.93. The molecule has 0 amide bonds. The van der Waals surface area contributed by atoms with Crippen molar-refractivity contribution in [2.24, 2.45) is 0 Å². The van der Waals surface area contributed by atoms with Crippen LogP contribution in [-0.4, -0.2) is 33.1 Å². The quantitative estimate of drug-likeness (QED) is 0.490. The summed E-state index contributed by atoms with van der Waals surface area (Å²) in [6, 6.07) is 19.9. The number of rotatable bonds is 9. The van der Waals surface area contributed by atoms with Crippen LogP contribution in [0.4, 0.5) is 10.1 Å². The average Bonchev–Trinajstić information content (AvgIpc) is 2.77. The van der Waals surface area contributed by atoms with Crippen LogP contribution in [0.5, 0.6) is 5.75 Å². The van der Waals surface area contributed by atoms with Crippen LogP contribution in [-0.2, 0) is 14.8 Å². The van der Waals surface area contributed by atoms with Gasteiger partial charge in [0.25, 0.3) is 10.0 Å². The average molecular weight is 443 g/mol. The molecule has 3 aromatic rings. The van der Waals surface area contributed by atoms with Crippen LogP contribution >= 0.6 is 0 Å². The first-order chi connectivity index (χ1) is 14.8. The van der Waals surface area contributed by atoms with Crippen molar-refractivity contribution in [2.45, 2.75) is 17.7 Å². The fraction of sp³-hybridized carbons (Fsp3) is 0.174. The van der Waals surface area contributed by atoms with E-state index in [-0.39, 0.29) is 30.1 Å². The van der Waals surface area contributed by atoms with Crippen LogP contribution in [0.25, 0.3) is 11.1 Å². The lowest BCUT2D eigenvalue weighted by molar-refractivity contribution is -0.137. The Morgan fingerprint density at radius 1 is 1.03 bits per heavy atom. The number of ether oxygens (including phenoxy) is 1. The van der Waals surface area contributed by atoms with Gasteiger partial charge in [0.05, 0.1) is 17.2 Å². The lowest BCUT2D eigenvalue weighted by atomic mass is 10.0. The Morgan fingerprint density at radius 3 is 2.39 bits per heavy atom. The molecule has 3 rings (SSSR count). The molecule has 0 unspecified atom stereocenters. The van der Waals surface area contributed by atoms with E-state index in [1.54, 1.807) is 12.1 Å². The summed E-state index contributed by atoms with van der Waals surface area (Å²) in [6.07, 6.45) is 0.119. The number of hydrogen-bond acceptors (Lipinski definition) is 4. The number of benzene rings is 3. The normalized spacial score (nSPS) is 11.2. The van der Waals surface area contributed by atoms with Crippen LogP contribution < -0.4 is 9.04 Å². The lowest BCUT2D eigenvalue weighted by Gasteiger charge is -2.23. The van der Waals surface area contributed by atoms with Gasteiger partial charge in [0, 0.05) is 19.0 Å². The van der Waals surface area contributed by atoms with Crippen LogP contribution in [0.2, 0.25) is 0 Å². The minimum Gasteiger partial charge on any atom is -0.491 e. The van der Waals surface area contributed by atoms with Gasteiger partial charge in [-0.3, -0.25) is 9.10 Å². The Balaban J connectivity index is 1.86. The van der Waals surface area contributed by atoms with Crippen molar-refractivity contribution >= 4 is 21.7 Å². The second-order valence-corrected chi connectivity index (χ2v) is 8.76. The Bertz CT molecular complexity index is 1170. The molecule has 0 saturated heterocycles. The van der Waals surface area contributed by atoms with Crippen molar-refractivity contribution < 1.29 is 27.4 Å². The minimum absolute atomic E-state index is 0.0136. The summed E-state index contributed by atoms with van der Waals surface area (Å²) in [4.78, 5) is 10.3. The fourth-order valence-corrected chi connectivity index (χ4v) is 4.29. The van der Waals surface area contributed by atoms with Crippen LogP contribution in [0.1, 0.15) is 12.8 Å². The van der Waals surface area contributed by atoms with Crippen molar-refractivity contribution in [3.63, 3.8) is 0 Å². The van der Waals surface area contributed by atoms with E-state index >= 15 is 0 Å². The Labute approximate surface area is 180 Å². The minimum atomic E-state index is -4.04. The molecule has 3 aromatic carbocycles. The van der Waals surface area contributed by atoms with Crippen molar-refractivity contribution in [3.8, 4) is 16.9 Å². The molecule has 1 N–H and O–H groups in total. The maximum absolute atomic E-state index is 14.5. The highest BCUT2D eigenvalue weighted by Crippen LogP contribution is 2.33. The molecule has 8 heteroatoms. The molecule has 0 heterocycles. The van der Waals surface area contributed by atoms with Gasteiger partial charge in [0.2, 0.25) is 0 Å². The van der Waals surface area contributed by atoms with E-state index < -0.39 is 21.8 Å². The Morgan fingerprint density at radius 2 is 1.71 bits per heavy atom.